The predicted octanol–water partition coefficient (Wildman–Crippen LogP) is 3.08. The normalized spacial score (nSPS) is 11.8. The molecular formula is C7H4ClF4N. The van der Waals surface area contributed by atoms with Gasteiger partial charge in [0.2, 0.25) is 0 Å². The molecule has 0 bridgehead atoms. The molecule has 0 radical (unpaired) electrons. The van der Waals surface area contributed by atoms with E-state index in [9.17, 15) is 17.6 Å². The average molecular weight is 214 g/mol. The summed E-state index contributed by atoms with van der Waals surface area (Å²) < 4.78 is 48.8. The lowest BCUT2D eigenvalue weighted by Gasteiger charge is -2.10. The quantitative estimate of drug-likeness (QED) is 0.520. The second-order valence-electron chi connectivity index (χ2n) is 2.35. The Morgan fingerprint density at radius 3 is 2.23 bits per heavy atom. The van der Waals surface area contributed by atoms with Gasteiger partial charge in [-0.05, 0) is 12.1 Å². The molecule has 1 aromatic carbocycles. The van der Waals surface area contributed by atoms with Crippen LogP contribution in [0.5, 0.6) is 0 Å². The molecule has 0 amide bonds. The lowest BCUT2D eigenvalue weighted by atomic mass is 10.2. The van der Waals surface area contributed by atoms with Crippen LogP contribution in [-0.4, -0.2) is 0 Å². The Morgan fingerprint density at radius 1 is 1.23 bits per heavy atom. The van der Waals surface area contributed by atoms with Crippen LogP contribution in [0.1, 0.15) is 5.56 Å². The molecule has 1 rings (SSSR count). The minimum absolute atomic E-state index is 0.304. The number of rotatable bonds is 0. The largest absolute Gasteiger partial charge is 0.418 e. The molecule has 0 aliphatic carbocycles. The Balaban J connectivity index is 3.37. The smallest absolute Gasteiger partial charge is 0.397 e. The third-order valence-corrected chi connectivity index (χ3v) is 1.79. The predicted molar refractivity (Wildman–Crippen MR) is 40.8 cm³/mol. The molecule has 6 heteroatoms. The minimum atomic E-state index is -4.69. The summed E-state index contributed by atoms with van der Waals surface area (Å²) in [6.45, 7) is 0. The molecule has 2 N–H and O–H groups in total. The first kappa shape index (κ1) is 10.1. The maximum Gasteiger partial charge on any atom is 0.418 e. The lowest BCUT2D eigenvalue weighted by Crippen LogP contribution is -2.08. The van der Waals surface area contributed by atoms with E-state index >= 15 is 0 Å². The van der Waals surface area contributed by atoms with Crippen molar-refractivity contribution in [3.8, 4) is 0 Å². The van der Waals surface area contributed by atoms with Gasteiger partial charge in [-0.3, -0.25) is 0 Å². The van der Waals surface area contributed by atoms with Crippen molar-refractivity contribution in [3.05, 3.63) is 28.5 Å². The fourth-order valence-corrected chi connectivity index (χ4v) is 1.03. The maximum atomic E-state index is 12.5. The van der Waals surface area contributed by atoms with Gasteiger partial charge in [0.25, 0.3) is 0 Å². The number of hydrogen-bond acceptors (Lipinski definition) is 1. The molecule has 0 saturated carbocycles. The monoisotopic (exact) mass is 213 g/mol. The zero-order valence-electron chi connectivity index (χ0n) is 6.12. The van der Waals surface area contributed by atoms with E-state index in [0.29, 0.717) is 6.07 Å². The van der Waals surface area contributed by atoms with Crippen LogP contribution >= 0.6 is 11.6 Å². The number of nitrogen functional groups attached to an aromatic ring is 1. The van der Waals surface area contributed by atoms with Gasteiger partial charge in [0.15, 0.2) is 0 Å². The molecule has 0 aromatic heterocycles. The van der Waals surface area contributed by atoms with Gasteiger partial charge in [0.05, 0.1) is 16.3 Å². The van der Waals surface area contributed by atoms with Gasteiger partial charge < -0.3 is 5.73 Å². The van der Waals surface area contributed by atoms with Crippen molar-refractivity contribution in [2.45, 2.75) is 6.18 Å². The van der Waals surface area contributed by atoms with Gasteiger partial charge in [-0.25, -0.2) is 4.39 Å². The van der Waals surface area contributed by atoms with Crippen LogP contribution in [-0.2, 0) is 6.18 Å². The third-order valence-electron chi connectivity index (χ3n) is 1.37. The highest BCUT2D eigenvalue weighted by molar-refractivity contribution is 6.33. The number of benzene rings is 1. The number of halogens is 5. The van der Waals surface area contributed by atoms with E-state index in [1.54, 1.807) is 0 Å². The summed E-state index contributed by atoms with van der Waals surface area (Å²) >= 11 is 5.24. The van der Waals surface area contributed by atoms with Gasteiger partial charge >= 0.3 is 6.18 Å². The molecule has 0 saturated heterocycles. The second kappa shape index (κ2) is 3.06. The SMILES string of the molecule is Nc1cc(F)cc(C(F)(F)F)c1Cl. The second-order valence-corrected chi connectivity index (χ2v) is 2.73. The van der Waals surface area contributed by atoms with Gasteiger partial charge in [0, 0.05) is 0 Å². The van der Waals surface area contributed by atoms with Crippen molar-refractivity contribution in [3.63, 3.8) is 0 Å². The van der Waals surface area contributed by atoms with E-state index in [1.165, 1.54) is 0 Å². The minimum Gasteiger partial charge on any atom is -0.397 e. The highest BCUT2D eigenvalue weighted by atomic mass is 35.5. The van der Waals surface area contributed by atoms with Crippen molar-refractivity contribution in [1.82, 2.24) is 0 Å². The van der Waals surface area contributed by atoms with Gasteiger partial charge in [-0.15, -0.1) is 0 Å². The average Bonchev–Trinajstić information content (AvgIpc) is 1.94. The number of alkyl halides is 3. The van der Waals surface area contributed by atoms with Crippen LogP contribution in [0.2, 0.25) is 5.02 Å². The number of hydrogen-bond donors (Lipinski definition) is 1. The molecule has 1 nitrogen and oxygen atoms in total. The van der Waals surface area contributed by atoms with Crippen LogP contribution < -0.4 is 5.73 Å². The highest BCUT2D eigenvalue weighted by Crippen LogP contribution is 2.37. The van der Waals surface area contributed by atoms with E-state index in [2.05, 4.69) is 0 Å². The van der Waals surface area contributed by atoms with Crippen molar-refractivity contribution in [1.29, 1.82) is 0 Å². The van der Waals surface area contributed by atoms with E-state index in [0.717, 1.165) is 6.07 Å². The summed E-state index contributed by atoms with van der Waals surface area (Å²) in [6.07, 6.45) is -4.69. The molecule has 0 unspecified atom stereocenters. The molecule has 0 atom stereocenters. The van der Waals surface area contributed by atoms with Gasteiger partial charge in [0.1, 0.15) is 5.82 Å². The first-order chi connectivity index (χ1) is 5.82. The number of anilines is 1. The molecule has 0 fully saturated rings. The topological polar surface area (TPSA) is 26.0 Å². The first-order valence-corrected chi connectivity index (χ1v) is 3.52. The Labute approximate surface area is 76.1 Å². The van der Waals surface area contributed by atoms with Crippen LogP contribution in [0.25, 0.3) is 0 Å². The van der Waals surface area contributed by atoms with Crippen molar-refractivity contribution < 1.29 is 17.6 Å². The summed E-state index contributed by atoms with van der Waals surface area (Å²) in [4.78, 5) is 0. The van der Waals surface area contributed by atoms with Gasteiger partial charge in [-0.2, -0.15) is 13.2 Å². The van der Waals surface area contributed by atoms with E-state index in [4.69, 9.17) is 17.3 Å². The summed E-state index contributed by atoms with van der Waals surface area (Å²) in [5.41, 5.74) is 3.37. The van der Waals surface area contributed by atoms with E-state index in [-0.39, 0.29) is 0 Å². The molecule has 0 aliphatic rings. The van der Waals surface area contributed by atoms with Crippen LogP contribution in [0.3, 0.4) is 0 Å². The van der Waals surface area contributed by atoms with Crippen molar-refractivity contribution >= 4 is 17.3 Å². The Hall–Kier alpha value is -0.970. The standard InChI is InChI=1S/C7H4ClF4N/c8-6-4(7(10,11)12)1-3(9)2-5(6)13/h1-2H,13H2. The van der Waals surface area contributed by atoms with Crippen molar-refractivity contribution in [2.24, 2.45) is 0 Å². The summed E-state index contributed by atoms with van der Waals surface area (Å²) in [6, 6.07) is 1.04. The van der Waals surface area contributed by atoms with E-state index in [1.807, 2.05) is 0 Å². The molecule has 1 aromatic rings. The molecular weight excluding hydrogens is 210 g/mol. The van der Waals surface area contributed by atoms with Crippen LogP contribution in [0, 0.1) is 5.82 Å². The Bertz CT molecular complexity index is 334. The molecule has 0 heterocycles. The Kier molecular flexibility index (Phi) is 2.38. The summed E-state index contributed by atoms with van der Waals surface area (Å²) in [7, 11) is 0. The van der Waals surface area contributed by atoms with Gasteiger partial charge in [-0.1, -0.05) is 11.6 Å². The van der Waals surface area contributed by atoms with Crippen LogP contribution in [0.4, 0.5) is 23.2 Å². The Morgan fingerprint density at radius 2 is 1.77 bits per heavy atom. The first-order valence-electron chi connectivity index (χ1n) is 3.14. The molecule has 0 spiro atoms. The van der Waals surface area contributed by atoms with Crippen molar-refractivity contribution in [2.75, 3.05) is 5.73 Å². The molecule has 72 valence electrons. The van der Waals surface area contributed by atoms with E-state index < -0.39 is 28.3 Å². The summed E-state index contributed by atoms with van der Waals surface area (Å²) in [5, 5.41) is -0.672. The number of nitrogens with two attached hydrogens (primary N) is 1. The molecule has 13 heavy (non-hydrogen) atoms. The summed E-state index contributed by atoms with van der Waals surface area (Å²) in [5.74, 6) is -1.06. The van der Waals surface area contributed by atoms with Crippen LogP contribution in [0.15, 0.2) is 12.1 Å². The highest BCUT2D eigenvalue weighted by Gasteiger charge is 2.34. The third kappa shape index (κ3) is 2.03. The fourth-order valence-electron chi connectivity index (χ4n) is 0.817. The maximum absolute atomic E-state index is 12.5. The zero-order chi connectivity index (χ0) is 10.2. The molecule has 0 aliphatic heterocycles. The zero-order valence-corrected chi connectivity index (χ0v) is 6.88. The fraction of sp³-hybridized carbons (Fsp3) is 0.143. The lowest BCUT2D eigenvalue weighted by molar-refractivity contribution is -0.137.